The Balaban J connectivity index is 3.53. The Labute approximate surface area is 102 Å². The third kappa shape index (κ3) is 2.24. The van der Waals surface area contributed by atoms with E-state index in [-0.39, 0.29) is 5.57 Å². The van der Waals surface area contributed by atoms with Crippen LogP contribution in [-0.2, 0) is 4.74 Å². The second-order valence-electron chi connectivity index (χ2n) is 3.88. The largest absolute Gasteiger partial charge is 0.466 e. The van der Waals surface area contributed by atoms with Crippen LogP contribution in [0.4, 0.5) is 0 Å². The fraction of sp³-hybridized carbons (Fsp3) is 0.429. The molecule has 0 aliphatic carbocycles. The Morgan fingerprint density at radius 2 is 1.41 bits per heavy atom. The molecule has 1 rings (SSSR count). The molecule has 1 aliphatic heterocycles. The van der Waals surface area contributed by atoms with Gasteiger partial charge in [-0.3, -0.25) is 0 Å². The zero-order chi connectivity index (χ0) is 13.0. The number of rotatable bonds is 2. The number of allylic oxidation sites excluding steroid dienone is 6. The predicted molar refractivity (Wildman–Crippen MR) is 65.3 cm³/mol. The molecular formula is C14H16N2O. The maximum Gasteiger partial charge on any atom is 0.137 e. The first kappa shape index (κ1) is 13.1. The number of ether oxygens (including phenoxy) is 1. The van der Waals surface area contributed by atoms with Gasteiger partial charge in [0.05, 0.1) is 0 Å². The Hall–Kier alpha value is -2.00. The van der Waals surface area contributed by atoms with Gasteiger partial charge in [0, 0.05) is 18.4 Å². The van der Waals surface area contributed by atoms with E-state index in [2.05, 4.69) is 0 Å². The maximum absolute atomic E-state index is 9.02. The van der Waals surface area contributed by atoms with E-state index in [9.17, 15) is 0 Å². The normalized spacial score (nSPS) is 15.3. The van der Waals surface area contributed by atoms with Crippen LogP contribution in [-0.4, -0.2) is 0 Å². The molecular weight excluding hydrogens is 212 g/mol. The summed E-state index contributed by atoms with van der Waals surface area (Å²) < 4.78 is 5.78. The fourth-order valence-corrected chi connectivity index (χ4v) is 2.05. The summed E-state index contributed by atoms with van der Waals surface area (Å²) in [6.45, 7) is 7.81. The molecule has 0 unspecified atom stereocenters. The minimum Gasteiger partial charge on any atom is -0.466 e. The molecule has 0 aromatic heterocycles. The third-order valence-electron chi connectivity index (χ3n) is 2.95. The molecule has 0 saturated carbocycles. The van der Waals surface area contributed by atoms with Crippen molar-refractivity contribution >= 4 is 0 Å². The van der Waals surface area contributed by atoms with E-state index in [1.807, 2.05) is 39.8 Å². The van der Waals surface area contributed by atoms with Gasteiger partial charge in [0.25, 0.3) is 0 Å². The molecule has 0 aromatic carbocycles. The van der Waals surface area contributed by atoms with Crippen LogP contribution in [0.3, 0.4) is 0 Å². The van der Waals surface area contributed by atoms with Gasteiger partial charge in [-0.15, -0.1) is 0 Å². The molecule has 0 N–H and O–H groups in total. The zero-order valence-electron chi connectivity index (χ0n) is 10.7. The summed E-state index contributed by atoms with van der Waals surface area (Å²) in [5, 5.41) is 18.0. The Morgan fingerprint density at radius 1 is 1.00 bits per heavy atom. The second kappa shape index (κ2) is 5.37. The van der Waals surface area contributed by atoms with Gasteiger partial charge in [-0.25, -0.2) is 0 Å². The van der Waals surface area contributed by atoms with Crippen molar-refractivity contribution in [3.63, 3.8) is 0 Å². The minimum atomic E-state index is 0.167. The SMILES string of the molecule is CCC1=C(C)C(=C(C#N)C#N)C(C)=C(CC)O1. The quantitative estimate of drug-likeness (QED) is 0.676. The fourth-order valence-electron chi connectivity index (χ4n) is 2.05. The van der Waals surface area contributed by atoms with Crippen molar-refractivity contribution in [2.75, 3.05) is 0 Å². The highest BCUT2D eigenvalue weighted by atomic mass is 16.5. The van der Waals surface area contributed by atoms with E-state index in [0.29, 0.717) is 0 Å². The lowest BCUT2D eigenvalue weighted by Crippen LogP contribution is -2.09. The molecule has 3 nitrogen and oxygen atoms in total. The van der Waals surface area contributed by atoms with Gasteiger partial charge in [0.1, 0.15) is 29.2 Å². The lowest BCUT2D eigenvalue weighted by molar-refractivity contribution is 0.270. The maximum atomic E-state index is 9.02. The van der Waals surface area contributed by atoms with Crippen LogP contribution in [0.15, 0.2) is 33.8 Å². The number of nitrogens with zero attached hydrogens (tertiary/aromatic N) is 2. The molecule has 3 heteroatoms. The summed E-state index contributed by atoms with van der Waals surface area (Å²) in [5.41, 5.74) is 2.72. The summed E-state index contributed by atoms with van der Waals surface area (Å²) >= 11 is 0. The second-order valence-corrected chi connectivity index (χ2v) is 3.88. The molecule has 88 valence electrons. The van der Waals surface area contributed by atoms with E-state index in [1.54, 1.807) is 0 Å². The van der Waals surface area contributed by atoms with Crippen LogP contribution in [0.1, 0.15) is 40.5 Å². The van der Waals surface area contributed by atoms with E-state index in [1.165, 1.54) is 0 Å². The molecule has 0 spiro atoms. The molecule has 0 radical (unpaired) electrons. The molecule has 17 heavy (non-hydrogen) atoms. The average Bonchev–Trinajstić information content (AvgIpc) is 2.35. The van der Waals surface area contributed by atoms with E-state index in [4.69, 9.17) is 15.3 Å². The Morgan fingerprint density at radius 3 is 1.71 bits per heavy atom. The molecule has 0 aromatic rings. The lowest BCUT2D eigenvalue weighted by atomic mass is 9.91. The molecule has 1 aliphatic rings. The molecule has 0 amide bonds. The summed E-state index contributed by atoms with van der Waals surface area (Å²) in [6.07, 6.45) is 1.52. The lowest BCUT2D eigenvalue weighted by Gasteiger charge is -2.24. The monoisotopic (exact) mass is 228 g/mol. The van der Waals surface area contributed by atoms with Gasteiger partial charge in [0.2, 0.25) is 0 Å². The van der Waals surface area contributed by atoms with Crippen LogP contribution in [0.5, 0.6) is 0 Å². The molecule has 0 atom stereocenters. The third-order valence-corrected chi connectivity index (χ3v) is 2.95. The van der Waals surface area contributed by atoms with Gasteiger partial charge in [-0.2, -0.15) is 10.5 Å². The Bertz CT molecular complexity index is 463. The van der Waals surface area contributed by atoms with Crippen molar-refractivity contribution in [1.29, 1.82) is 10.5 Å². The number of hydrogen-bond donors (Lipinski definition) is 0. The van der Waals surface area contributed by atoms with Crippen molar-refractivity contribution in [1.82, 2.24) is 0 Å². The highest BCUT2D eigenvalue weighted by Crippen LogP contribution is 2.36. The molecule has 0 fully saturated rings. The molecule has 0 bridgehead atoms. The van der Waals surface area contributed by atoms with Gasteiger partial charge in [0.15, 0.2) is 0 Å². The number of nitriles is 2. The van der Waals surface area contributed by atoms with Gasteiger partial charge in [-0.1, -0.05) is 13.8 Å². The minimum absolute atomic E-state index is 0.167. The van der Waals surface area contributed by atoms with Crippen LogP contribution >= 0.6 is 0 Å². The van der Waals surface area contributed by atoms with Crippen LogP contribution < -0.4 is 0 Å². The van der Waals surface area contributed by atoms with E-state index in [0.717, 1.165) is 41.1 Å². The summed E-state index contributed by atoms with van der Waals surface area (Å²) in [7, 11) is 0. The summed E-state index contributed by atoms with van der Waals surface area (Å²) in [4.78, 5) is 0. The smallest absolute Gasteiger partial charge is 0.137 e. The summed E-state index contributed by atoms with van der Waals surface area (Å²) in [6, 6.07) is 3.93. The van der Waals surface area contributed by atoms with Gasteiger partial charge >= 0.3 is 0 Å². The van der Waals surface area contributed by atoms with Crippen molar-refractivity contribution < 1.29 is 4.74 Å². The van der Waals surface area contributed by atoms with Crippen molar-refractivity contribution in [2.45, 2.75) is 40.5 Å². The van der Waals surface area contributed by atoms with Crippen molar-refractivity contribution in [2.24, 2.45) is 0 Å². The van der Waals surface area contributed by atoms with Gasteiger partial charge < -0.3 is 4.74 Å². The van der Waals surface area contributed by atoms with E-state index >= 15 is 0 Å². The van der Waals surface area contributed by atoms with Crippen molar-refractivity contribution in [3.05, 3.63) is 33.8 Å². The molecule has 0 saturated heterocycles. The highest BCUT2D eigenvalue weighted by Gasteiger charge is 2.23. The summed E-state index contributed by atoms with van der Waals surface area (Å²) in [5.74, 6) is 1.70. The zero-order valence-corrected chi connectivity index (χ0v) is 10.7. The predicted octanol–water partition coefficient (Wildman–Crippen LogP) is 3.73. The standard InChI is InChI=1S/C14H16N2O/c1-5-12-9(3)14(11(7-15)8-16)10(4)13(6-2)17-12/h5-6H2,1-4H3. The topological polar surface area (TPSA) is 56.8 Å². The van der Waals surface area contributed by atoms with Crippen molar-refractivity contribution in [3.8, 4) is 12.1 Å². The van der Waals surface area contributed by atoms with E-state index < -0.39 is 0 Å². The molecule has 1 heterocycles. The number of hydrogen-bond acceptors (Lipinski definition) is 3. The first-order valence-corrected chi connectivity index (χ1v) is 5.73. The van der Waals surface area contributed by atoms with Crippen LogP contribution in [0, 0.1) is 22.7 Å². The first-order chi connectivity index (χ1) is 8.10. The average molecular weight is 228 g/mol. The first-order valence-electron chi connectivity index (χ1n) is 5.73. The van der Waals surface area contributed by atoms with Crippen LogP contribution in [0.2, 0.25) is 0 Å². The van der Waals surface area contributed by atoms with Gasteiger partial charge in [-0.05, 0) is 25.0 Å². The Kier molecular flexibility index (Phi) is 4.12. The highest BCUT2D eigenvalue weighted by molar-refractivity contribution is 5.59. The van der Waals surface area contributed by atoms with Crippen LogP contribution in [0.25, 0.3) is 0 Å².